The van der Waals surface area contributed by atoms with Crippen LogP contribution in [0, 0.1) is 13.8 Å². The predicted molar refractivity (Wildman–Crippen MR) is 80.1 cm³/mol. The zero-order valence-electron chi connectivity index (χ0n) is 12.1. The van der Waals surface area contributed by atoms with Crippen molar-refractivity contribution in [3.05, 3.63) is 64.7 Å². The molecule has 2 rings (SSSR count). The number of hydrogen-bond acceptors (Lipinski definition) is 2. The van der Waals surface area contributed by atoms with Crippen molar-refractivity contribution < 1.29 is 9.53 Å². The lowest BCUT2D eigenvalue weighted by molar-refractivity contribution is 0.0962. The van der Waals surface area contributed by atoms with E-state index in [1.165, 1.54) is 11.1 Å². The van der Waals surface area contributed by atoms with Crippen LogP contribution in [0.3, 0.4) is 0 Å². The highest BCUT2D eigenvalue weighted by Gasteiger charge is 2.05. The van der Waals surface area contributed by atoms with Crippen LogP contribution in [0.15, 0.2) is 42.5 Å². The first-order valence-corrected chi connectivity index (χ1v) is 6.61. The lowest BCUT2D eigenvalue weighted by atomic mass is 10.1. The van der Waals surface area contributed by atoms with Crippen molar-refractivity contribution in [2.24, 2.45) is 0 Å². The Morgan fingerprint density at radius 3 is 2.70 bits per heavy atom. The minimum atomic E-state index is -0.109. The van der Waals surface area contributed by atoms with Crippen LogP contribution in [0.4, 0.5) is 0 Å². The first kappa shape index (κ1) is 14.1. The lowest BCUT2D eigenvalue weighted by Crippen LogP contribution is -2.17. The molecule has 104 valence electrons. The summed E-state index contributed by atoms with van der Waals surface area (Å²) in [5.74, 6) is 0.592. The highest BCUT2D eigenvalue weighted by atomic mass is 16.5. The molecule has 1 N–H and O–H groups in total. The van der Waals surface area contributed by atoms with E-state index in [1.807, 2.05) is 12.1 Å². The maximum absolute atomic E-state index is 11.6. The number of carbonyl (C=O) groups is 1. The Kier molecular flexibility index (Phi) is 4.41. The maximum atomic E-state index is 11.6. The SMILES string of the molecule is CNC(=O)c1cccc(OCc2cc(C)ccc2C)c1. The molecule has 2 aromatic carbocycles. The fraction of sp³-hybridized carbons (Fsp3) is 0.235. The zero-order chi connectivity index (χ0) is 14.5. The lowest BCUT2D eigenvalue weighted by Gasteiger charge is -2.10. The van der Waals surface area contributed by atoms with Gasteiger partial charge in [0.05, 0.1) is 0 Å². The van der Waals surface area contributed by atoms with Crippen LogP contribution in [0.5, 0.6) is 5.75 Å². The van der Waals surface area contributed by atoms with Gasteiger partial charge in [0.1, 0.15) is 12.4 Å². The molecule has 3 nitrogen and oxygen atoms in total. The van der Waals surface area contributed by atoms with Gasteiger partial charge in [0.15, 0.2) is 0 Å². The van der Waals surface area contributed by atoms with E-state index in [0.717, 1.165) is 5.56 Å². The third-order valence-electron chi connectivity index (χ3n) is 3.22. The number of hydrogen-bond donors (Lipinski definition) is 1. The zero-order valence-corrected chi connectivity index (χ0v) is 12.1. The Balaban J connectivity index is 2.11. The Bertz CT molecular complexity index is 620. The van der Waals surface area contributed by atoms with E-state index in [1.54, 1.807) is 19.2 Å². The molecule has 0 heterocycles. The second-order valence-corrected chi connectivity index (χ2v) is 4.83. The number of carbonyl (C=O) groups excluding carboxylic acids is 1. The van der Waals surface area contributed by atoms with Gasteiger partial charge in [-0.1, -0.05) is 29.8 Å². The van der Waals surface area contributed by atoms with Crippen LogP contribution >= 0.6 is 0 Å². The maximum Gasteiger partial charge on any atom is 0.251 e. The van der Waals surface area contributed by atoms with Crippen LogP contribution in [0.25, 0.3) is 0 Å². The summed E-state index contributed by atoms with van der Waals surface area (Å²) >= 11 is 0. The monoisotopic (exact) mass is 269 g/mol. The van der Waals surface area contributed by atoms with Crippen molar-refractivity contribution in [2.75, 3.05) is 7.05 Å². The molecule has 2 aromatic rings. The van der Waals surface area contributed by atoms with Gasteiger partial charge in [0, 0.05) is 12.6 Å². The molecule has 0 saturated carbocycles. The van der Waals surface area contributed by atoms with Crippen molar-refractivity contribution in [3.8, 4) is 5.75 Å². The highest BCUT2D eigenvalue weighted by molar-refractivity contribution is 5.94. The number of aryl methyl sites for hydroxylation is 2. The fourth-order valence-corrected chi connectivity index (χ4v) is 1.99. The third kappa shape index (κ3) is 3.38. The largest absolute Gasteiger partial charge is 0.489 e. The minimum Gasteiger partial charge on any atom is -0.489 e. The summed E-state index contributed by atoms with van der Waals surface area (Å²) in [5, 5.41) is 2.60. The number of nitrogens with one attached hydrogen (secondary N) is 1. The van der Waals surface area contributed by atoms with Crippen molar-refractivity contribution >= 4 is 5.91 Å². The van der Waals surface area contributed by atoms with Gasteiger partial charge in [-0.2, -0.15) is 0 Å². The molecule has 3 heteroatoms. The average Bonchev–Trinajstić information content (AvgIpc) is 2.47. The Morgan fingerprint density at radius 1 is 1.15 bits per heavy atom. The molecule has 0 aliphatic rings. The summed E-state index contributed by atoms with van der Waals surface area (Å²) in [4.78, 5) is 11.6. The molecule has 1 amide bonds. The summed E-state index contributed by atoms with van der Waals surface area (Å²) in [6.07, 6.45) is 0. The van der Waals surface area contributed by atoms with Crippen molar-refractivity contribution in [1.82, 2.24) is 5.32 Å². The average molecular weight is 269 g/mol. The molecule has 0 spiro atoms. The number of ether oxygens (including phenoxy) is 1. The Morgan fingerprint density at radius 2 is 1.95 bits per heavy atom. The van der Waals surface area contributed by atoms with Crippen LogP contribution in [-0.2, 0) is 6.61 Å². The van der Waals surface area contributed by atoms with E-state index in [9.17, 15) is 4.79 Å². The number of amides is 1. The molecule has 0 aliphatic carbocycles. The van der Waals surface area contributed by atoms with Crippen LogP contribution in [-0.4, -0.2) is 13.0 Å². The fourth-order valence-electron chi connectivity index (χ4n) is 1.99. The molecule has 0 bridgehead atoms. The van der Waals surface area contributed by atoms with Crippen molar-refractivity contribution in [1.29, 1.82) is 0 Å². The summed E-state index contributed by atoms with van der Waals surface area (Å²) in [7, 11) is 1.62. The van der Waals surface area contributed by atoms with E-state index in [-0.39, 0.29) is 5.91 Å². The Labute approximate surface area is 119 Å². The topological polar surface area (TPSA) is 38.3 Å². The summed E-state index contributed by atoms with van der Waals surface area (Å²) in [6, 6.07) is 13.5. The predicted octanol–water partition coefficient (Wildman–Crippen LogP) is 3.24. The van der Waals surface area contributed by atoms with Crippen molar-refractivity contribution in [3.63, 3.8) is 0 Å². The second-order valence-electron chi connectivity index (χ2n) is 4.83. The summed E-state index contributed by atoms with van der Waals surface area (Å²) < 4.78 is 5.78. The van der Waals surface area contributed by atoms with E-state index in [0.29, 0.717) is 17.9 Å². The molecular formula is C17H19NO2. The number of benzene rings is 2. The van der Waals surface area contributed by atoms with Gasteiger partial charge in [0.2, 0.25) is 0 Å². The minimum absolute atomic E-state index is 0.109. The first-order chi connectivity index (χ1) is 9.60. The van der Waals surface area contributed by atoms with Gasteiger partial charge >= 0.3 is 0 Å². The van der Waals surface area contributed by atoms with Gasteiger partial charge in [-0.25, -0.2) is 0 Å². The molecule has 20 heavy (non-hydrogen) atoms. The van der Waals surface area contributed by atoms with Crippen molar-refractivity contribution in [2.45, 2.75) is 20.5 Å². The third-order valence-corrected chi connectivity index (χ3v) is 3.22. The first-order valence-electron chi connectivity index (χ1n) is 6.61. The van der Waals surface area contributed by atoms with Gasteiger partial charge in [-0.05, 0) is 43.2 Å². The standard InChI is InChI=1S/C17H19NO2/c1-12-7-8-13(2)15(9-12)11-20-16-6-4-5-14(10-16)17(19)18-3/h4-10H,11H2,1-3H3,(H,18,19). The summed E-state index contributed by atoms with van der Waals surface area (Å²) in [5.41, 5.74) is 4.19. The normalized spacial score (nSPS) is 10.2. The molecule has 0 fully saturated rings. The smallest absolute Gasteiger partial charge is 0.251 e. The van der Waals surface area contributed by atoms with Crippen LogP contribution in [0.1, 0.15) is 27.0 Å². The van der Waals surface area contributed by atoms with Gasteiger partial charge in [-0.15, -0.1) is 0 Å². The van der Waals surface area contributed by atoms with Gasteiger partial charge in [0.25, 0.3) is 5.91 Å². The van der Waals surface area contributed by atoms with Crippen LogP contribution < -0.4 is 10.1 Å². The molecule has 0 aliphatic heterocycles. The highest BCUT2D eigenvalue weighted by Crippen LogP contribution is 2.17. The molecule has 0 unspecified atom stereocenters. The second kappa shape index (κ2) is 6.24. The van der Waals surface area contributed by atoms with Crippen LogP contribution in [0.2, 0.25) is 0 Å². The Hall–Kier alpha value is -2.29. The van der Waals surface area contributed by atoms with Gasteiger partial charge < -0.3 is 10.1 Å². The van der Waals surface area contributed by atoms with E-state index in [2.05, 4.69) is 37.4 Å². The van der Waals surface area contributed by atoms with E-state index in [4.69, 9.17) is 4.74 Å². The molecular weight excluding hydrogens is 250 g/mol. The summed E-state index contributed by atoms with van der Waals surface area (Å²) in [6.45, 7) is 4.64. The molecule has 0 atom stereocenters. The number of rotatable bonds is 4. The van der Waals surface area contributed by atoms with E-state index < -0.39 is 0 Å². The quantitative estimate of drug-likeness (QED) is 0.925. The molecule has 0 aromatic heterocycles. The van der Waals surface area contributed by atoms with Gasteiger partial charge in [-0.3, -0.25) is 4.79 Å². The van der Waals surface area contributed by atoms with E-state index >= 15 is 0 Å². The molecule has 0 saturated heterocycles. The molecule has 0 radical (unpaired) electrons.